The maximum Gasteiger partial charge on any atom is 0.416 e. The maximum absolute atomic E-state index is 12.7. The van der Waals surface area contributed by atoms with Gasteiger partial charge in [0.1, 0.15) is 6.04 Å². The zero-order valence-corrected chi connectivity index (χ0v) is 16.8. The number of benzene rings is 1. The molecule has 0 heterocycles. The fourth-order valence-corrected chi connectivity index (χ4v) is 2.59. The Balaban J connectivity index is 3.06. The van der Waals surface area contributed by atoms with Crippen molar-refractivity contribution in [1.82, 2.24) is 5.32 Å². The Kier molecular flexibility index (Phi) is 9.43. The van der Waals surface area contributed by atoms with Gasteiger partial charge in [0.15, 0.2) is 6.10 Å². The van der Waals surface area contributed by atoms with Crippen LogP contribution in [-0.4, -0.2) is 48.1 Å². The first-order chi connectivity index (χ1) is 14.4. The van der Waals surface area contributed by atoms with Crippen LogP contribution in [0, 0.1) is 5.92 Å². The number of hydrogen-bond acceptors (Lipinski definition) is 7. The quantitative estimate of drug-likeness (QED) is 0.450. The number of aliphatic hydroxyl groups excluding tert-OH is 1. The van der Waals surface area contributed by atoms with Gasteiger partial charge in [-0.25, -0.2) is 0 Å². The van der Waals surface area contributed by atoms with Gasteiger partial charge in [-0.15, -0.1) is 0 Å². The highest BCUT2D eigenvalue weighted by Gasteiger charge is 2.38. The van der Waals surface area contributed by atoms with Crippen LogP contribution in [0.4, 0.5) is 13.2 Å². The number of aliphatic hydroxyl groups is 1. The van der Waals surface area contributed by atoms with Crippen molar-refractivity contribution >= 4 is 23.8 Å². The molecule has 0 aliphatic carbocycles. The van der Waals surface area contributed by atoms with E-state index in [1.54, 1.807) is 0 Å². The zero-order chi connectivity index (χ0) is 23.8. The molecule has 0 fully saturated rings. The third-order valence-corrected chi connectivity index (χ3v) is 4.09. The van der Waals surface area contributed by atoms with E-state index in [0.29, 0.717) is 12.1 Å². The molecule has 0 saturated carbocycles. The van der Waals surface area contributed by atoms with Gasteiger partial charge >= 0.3 is 18.1 Å². The fourth-order valence-electron chi connectivity index (χ4n) is 2.59. The standard InChI is InChI=1S/C19H23F3N2O7/c1-3-30-13(25)9-12(18(29)31-4-2)14(16(23)27)24-17(28)15(26)10-5-7-11(8-6-10)19(20,21)22/h5-8,12,14-15,26H,3-4,9H2,1-2H3,(H2,23,27)(H,24,28)/t12-,14-,15+/m0/s1. The first-order valence-electron chi connectivity index (χ1n) is 9.19. The van der Waals surface area contributed by atoms with Crippen LogP contribution in [0.15, 0.2) is 24.3 Å². The van der Waals surface area contributed by atoms with Crippen LogP contribution in [0.25, 0.3) is 0 Å². The number of amides is 2. The van der Waals surface area contributed by atoms with Crippen molar-refractivity contribution in [2.24, 2.45) is 11.7 Å². The van der Waals surface area contributed by atoms with Crippen molar-refractivity contribution in [2.45, 2.75) is 38.6 Å². The number of ether oxygens (including phenoxy) is 2. The number of esters is 2. The molecule has 1 aromatic carbocycles. The highest BCUT2D eigenvalue weighted by molar-refractivity contribution is 5.94. The summed E-state index contributed by atoms with van der Waals surface area (Å²) in [4.78, 5) is 48.3. The predicted molar refractivity (Wildman–Crippen MR) is 98.9 cm³/mol. The summed E-state index contributed by atoms with van der Waals surface area (Å²) in [6.07, 6.45) is -7.23. The number of halogens is 3. The van der Waals surface area contributed by atoms with E-state index in [1.165, 1.54) is 13.8 Å². The van der Waals surface area contributed by atoms with E-state index in [2.05, 4.69) is 5.32 Å². The summed E-state index contributed by atoms with van der Waals surface area (Å²) < 4.78 is 47.5. The molecule has 0 aromatic heterocycles. The van der Waals surface area contributed by atoms with Crippen molar-refractivity contribution in [3.05, 3.63) is 35.4 Å². The summed E-state index contributed by atoms with van der Waals surface area (Å²) in [5, 5.41) is 12.2. The van der Waals surface area contributed by atoms with E-state index < -0.39 is 60.0 Å². The summed E-state index contributed by atoms with van der Waals surface area (Å²) in [6, 6.07) is 1.35. The molecule has 0 radical (unpaired) electrons. The number of alkyl halides is 3. The SMILES string of the molecule is CCOC(=O)C[C@H](C(=O)OCC)[C@H](NC(=O)[C@H](O)c1ccc(C(F)(F)F)cc1)C(N)=O. The second-order valence-corrected chi connectivity index (χ2v) is 6.28. The van der Waals surface area contributed by atoms with Gasteiger partial charge in [-0.05, 0) is 31.5 Å². The molecule has 1 aromatic rings. The van der Waals surface area contributed by atoms with Crippen molar-refractivity contribution in [1.29, 1.82) is 0 Å². The number of carbonyl (C=O) groups excluding carboxylic acids is 4. The Bertz CT molecular complexity index is 797. The van der Waals surface area contributed by atoms with Crippen molar-refractivity contribution in [3.63, 3.8) is 0 Å². The lowest BCUT2D eigenvalue weighted by molar-refractivity contribution is -0.157. The Morgan fingerprint density at radius 3 is 2.06 bits per heavy atom. The first kappa shape index (κ1) is 25.9. The van der Waals surface area contributed by atoms with Gasteiger partial charge in [0.2, 0.25) is 5.91 Å². The van der Waals surface area contributed by atoms with E-state index in [0.717, 1.165) is 12.1 Å². The molecular formula is C19H23F3N2O7. The Hall–Kier alpha value is -3.15. The molecule has 0 spiro atoms. The second kappa shape index (κ2) is 11.3. The van der Waals surface area contributed by atoms with Crippen molar-refractivity contribution in [2.75, 3.05) is 13.2 Å². The first-order valence-corrected chi connectivity index (χ1v) is 9.19. The van der Waals surface area contributed by atoms with E-state index in [4.69, 9.17) is 15.2 Å². The lowest BCUT2D eigenvalue weighted by atomic mass is 9.94. The summed E-state index contributed by atoms with van der Waals surface area (Å²) >= 11 is 0. The van der Waals surface area contributed by atoms with Gasteiger partial charge in [-0.3, -0.25) is 19.2 Å². The van der Waals surface area contributed by atoms with Crippen LogP contribution in [0.5, 0.6) is 0 Å². The van der Waals surface area contributed by atoms with Gasteiger partial charge in [-0.2, -0.15) is 13.2 Å². The molecule has 2 amide bonds. The van der Waals surface area contributed by atoms with E-state index in [-0.39, 0.29) is 18.8 Å². The molecule has 3 atom stereocenters. The molecule has 0 aliphatic heterocycles. The highest BCUT2D eigenvalue weighted by Crippen LogP contribution is 2.30. The molecular weight excluding hydrogens is 425 g/mol. The minimum atomic E-state index is -4.61. The number of primary amides is 1. The van der Waals surface area contributed by atoms with Crippen LogP contribution in [0.2, 0.25) is 0 Å². The number of carbonyl (C=O) groups is 4. The predicted octanol–water partition coefficient (Wildman–Crippen LogP) is 0.841. The van der Waals surface area contributed by atoms with Crippen LogP contribution in [0.1, 0.15) is 37.5 Å². The largest absolute Gasteiger partial charge is 0.466 e. The molecule has 0 unspecified atom stereocenters. The van der Waals surface area contributed by atoms with Crippen molar-refractivity contribution < 1.29 is 46.9 Å². The molecule has 0 aliphatic rings. The number of nitrogens with one attached hydrogen (secondary N) is 1. The number of hydrogen-bond donors (Lipinski definition) is 3. The Labute approximate surface area is 175 Å². The molecule has 0 bridgehead atoms. The van der Waals surface area contributed by atoms with Gasteiger partial charge < -0.3 is 25.6 Å². The molecule has 12 heteroatoms. The van der Waals surface area contributed by atoms with Crippen molar-refractivity contribution in [3.8, 4) is 0 Å². The third-order valence-electron chi connectivity index (χ3n) is 4.09. The topological polar surface area (TPSA) is 145 Å². The Morgan fingerprint density at radius 2 is 1.61 bits per heavy atom. The van der Waals surface area contributed by atoms with E-state index in [9.17, 15) is 37.5 Å². The Morgan fingerprint density at radius 1 is 1.06 bits per heavy atom. The van der Waals surface area contributed by atoms with E-state index >= 15 is 0 Å². The van der Waals surface area contributed by atoms with Gasteiger partial charge in [-0.1, -0.05) is 12.1 Å². The molecule has 31 heavy (non-hydrogen) atoms. The summed E-state index contributed by atoms with van der Waals surface area (Å²) in [7, 11) is 0. The van der Waals surface area contributed by atoms with Crippen LogP contribution >= 0.6 is 0 Å². The molecule has 172 valence electrons. The summed E-state index contributed by atoms with van der Waals surface area (Å²) in [5.41, 5.74) is 4.06. The third kappa shape index (κ3) is 7.55. The number of nitrogens with two attached hydrogens (primary N) is 1. The van der Waals surface area contributed by atoms with Gasteiger partial charge in [0.25, 0.3) is 5.91 Å². The smallest absolute Gasteiger partial charge is 0.416 e. The zero-order valence-electron chi connectivity index (χ0n) is 16.8. The lowest BCUT2D eigenvalue weighted by Crippen LogP contribution is -2.53. The minimum Gasteiger partial charge on any atom is -0.466 e. The average Bonchev–Trinajstić information content (AvgIpc) is 2.69. The summed E-state index contributed by atoms with van der Waals surface area (Å²) in [5.74, 6) is -5.83. The molecule has 4 N–H and O–H groups in total. The molecule has 1 rings (SSSR count). The minimum absolute atomic E-state index is 0.00535. The highest BCUT2D eigenvalue weighted by atomic mass is 19.4. The fraction of sp³-hybridized carbons (Fsp3) is 0.474. The normalized spacial score (nSPS) is 14.1. The van der Waals surface area contributed by atoms with Gasteiger partial charge in [0.05, 0.1) is 31.1 Å². The van der Waals surface area contributed by atoms with Crippen LogP contribution in [-0.2, 0) is 34.8 Å². The second-order valence-electron chi connectivity index (χ2n) is 6.28. The van der Waals surface area contributed by atoms with Crippen LogP contribution < -0.4 is 11.1 Å². The van der Waals surface area contributed by atoms with Gasteiger partial charge in [0, 0.05) is 0 Å². The molecule has 0 saturated heterocycles. The number of rotatable bonds is 10. The monoisotopic (exact) mass is 448 g/mol. The average molecular weight is 448 g/mol. The van der Waals surface area contributed by atoms with Crippen LogP contribution in [0.3, 0.4) is 0 Å². The molecule has 9 nitrogen and oxygen atoms in total. The van der Waals surface area contributed by atoms with E-state index in [1.807, 2.05) is 0 Å². The summed E-state index contributed by atoms with van der Waals surface area (Å²) in [6.45, 7) is 2.90. The maximum atomic E-state index is 12.7. The lowest BCUT2D eigenvalue weighted by Gasteiger charge is -2.24.